The molecule has 0 saturated carbocycles. The first kappa shape index (κ1) is 19.2. The Hall–Kier alpha value is -2.12. The van der Waals surface area contributed by atoms with Crippen molar-refractivity contribution in [3.8, 4) is 11.5 Å². The Morgan fingerprint density at radius 2 is 1.93 bits per heavy atom. The third-order valence-corrected chi connectivity index (χ3v) is 6.02. The molecule has 2 aromatic rings. The van der Waals surface area contributed by atoms with E-state index in [-0.39, 0.29) is 11.8 Å². The van der Waals surface area contributed by atoms with E-state index in [0.717, 1.165) is 48.1 Å². The number of ether oxygens (including phenoxy) is 2. The molecule has 8 heteroatoms. The number of halogens is 1. The second-order valence-electron chi connectivity index (χ2n) is 6.78. The van der Waals surface area contributed by atoms with Crippen LogP contribution in [0.5, 0.6) is 11.5 Å². The fourth-order valence-corrected chi connectivity index (χ4v) is 4.16. The number of carbonyl (C=O) groups is 1. The number of nitrogens with one attached hydrogen (secondary N) is 1. The lowest BCUT2D eigenvalue weighted by atomic mass is 9.95. The number of benzene rings is 1. The molecule has 1 aromatic heterocycles. The molecule has 0 aliphatic carbocycles. The summed E-state index contributed by atoms with van der Waals surface area (Å²) in [4.78, 5) is 20.4. The Balaban J connectivity index is 1.40. The average molecular weight is 420 g/mol. The maximum atomic E-state index is 12.8. The van der Waals surface area contributed by atoms with Gasteiger partial charge in [-0.3, -0.25) is 4.79 Å². The minimum atomic E-state index is -0.0218. The van der Waals surface area contributed by atoms with Gasteiger partial charge in [0.15, 0.2) is 11.5 Å². The van der Waals surface area contributed by atoms with Crippen LogP contribution in [0.15, 0.2) is 35.4 Å². The largest absolute Gasteiger partial charge is 0.486 e. The topological polar surface area (TPSA) is 63.7 Å². The molecule has 4 rings (SSSR count). The van der Waals surface area contributed by atoms with Crippen molar-refractivity contribution in [3.63, 3.8) is 0 Å². The molecule has 148 valence electrons. The first-order valence-corrected chi connectivity index (χ1v) is 10.9. The van der Waals surface area contributed by atoms with Crippen molar-refractivity contribution in [2.45, 2.75) is 17.7 Å². The molecule has 2 aliphatic rings. The van der Waals surface area contributed by atoms with Crippen LogP contribution in [-0.4, -0.2) is 43.5 Å². The smallest absolute Gasteiger partial charge is 0.227 e. The van der Waals surface area contributed by atoms with Gasteiger partial charge in [0.25, 0.3) is 0 Å². The zero-order chi connectivity index (χ0) is 19.5. The minimum absolute atomic E-state index is 0.0218. The molecule has 1 saturated heterocycles. The van der Waals surface area contributed by atoms with Crippen molar-refractivity contribution in [3.05, 3.63) is 35.5 Å². The first-order valence-electron chi connectivity index (χ1n) is 9.29. The van der Waals surface area contributed by atoms with Gasteiger partial charge in [0.2, 0.25) is 5.91 Å². The van der Waals surface area contributed by atoms with Gasteiger partial charge in [-0.2, -0.15) is 0 Å². The molecule has 0 bridgehead atoms. The highest BCUT2D eigenvalue weighted by molar-refractivity contribution is 7.98. The van der Waals surface area contributed by atoms with Gasteiger partial charge in [0, 0.05) is 36.2 Å². The van der Waals surface area contributed by atoms with Crippen molar-refractivity contribution in [1.29, 1.82) is 0 Å². The van der Waals surface area contributed by atoms with Crippen molar-refractivity contribution in [2.75, 3.05) is 42.8 Å². The number of anilines is 2. The molecule has 1 amide bonds. The van der Waals surface area contributed by atoms with Crippen LogP contribution in [0.4, 0.5) is 11.5 Å². The molecule has 6 nitrogen and oxygen atoms in total. The van der Waals surface area contributed by atoms with E-state index in [1.807, 2.05) is 30.5 Å². The van der Waals surface area contributed by atoms with Gasteiger partial charge in [0.05, 0.1) is 10.7 Å². The number of hydrogen-bond acceptors (Lipinski definition) is 6. The standard InChI is InChI=1S/C20H22ClN3O3S/c1-28-18-11-17-16(26-8-9-27-17)10-15(18)23-20(25)13-4-6-24(7-5-13)19-3-2-14(21)12-22-19/h2-3,10-13H,4-9H2,1H3,(H,23,25). The van der Waals surface area contributed by atoms with Gasteiger partial charge < -0.3 is 19.7 Å². The number of rotatable bonds is 4. The van der Waals surface area contributed by atoms with Crippen LogP contribution in [0.1, 0.15) is 12.8 Å². The summed E-state index contributed by atoms with van der Waals surface area (Å²) < 4.78 is 11.3. The molecule has 0 atom stereocenters. The van der Waals surface area contributed by atoms with Gasteiger partial charge in [-0.05, 0) is 37.3 Å². The second kappa shape index (κ2) is 8.49. The summed E-state index contributed by atoms with van der Waals surface area (Å²) in [7, 11) is 0. The average Bonchev–Trinajstić information content (AvgIpc) is 2.74. The van der Waals surface area contributed by atoms with Gasteiger partial charge in [-0.15, -0.1) is 11.8 Å². The number of fused-ring (bicyclic) bond motifs is 1. The number of carbonyl (C=O) groups excluding carboxylic acids is 1. The quantitative estimate of drug-likeness (QED) is 0.753. The number of thioether (sulfide) groups is 1. The lowest BCUT2D eigenvalue weighted by Crippen LogP contribution is -2.38. The number of aromatic nitrogens is 1. The van der Waals surface area contributed by atoms with Gasteiger partial charge in [-0.1, -0.05) is 11.6 Å². The highest BCUT2D eigenvalue weighted by Crippen LogP contribution is 2.39. The van der Waals surface area contributed by atoms with Crippen LogP contribution in [0.3, 0.4) is 0 Å². The summed E-state index contributed by atoms with van der Waals surface area (Å²) in [5, 5.41) is 3.72. The first-order chi connectivity index (χ1) is 13.6. The third-order valence-electron chi connectivity index (χ3n) is 5.02. The number of nitrogens with zero attached hydrogens (tertiary/aromatic N) is 2. The van der Waals surface area contributed by atoms with Crippen LogP contribution >= 0.6 is 23.4 Å². The SMILES string of the molecule is CSc1cc2c(cc1NC(=O)C1CCN(c3ccc(Cl)cn3)CC1)OCCO2. The summed E-state index contributed by atoms with van der Waals surface area (Å²) >= 11 is 7.49. The summed E-state index contributed by atoms with van der Waals surface area (Å²) in [5.41, 5.74) is 0.781. The molecule has 2 aliphatic heterocycles. The fourth-order valence-electron chi connectivity index (χ4n) is 3.50. The normalized spacial score (nSPS) is 16.7. The van der Waals surface area contributed by atoms with Crippen LogP contribution in [0, 0.1) is 5.92 Å². The zero-order valence-corrected chi connectivity index (χ0v) is 17.2. The Morgan fingerprint density at radius 1 is 1.21 bits per heavy atom. The summed E-state index contributed by atoms with van der Waals surface area (Å²) in [6.07, 6.45) is 5.21. The van der Waals surface area contributed by atoms with E-state index < -0.39 is 0 Å². The molecule has 0 spiro atoms. The molecule has 1 N–H and O–H groups in total. The molecular weight excluding hydrogens is 398 g/mol. The highest BCUT2D eigenvalue weighted by atomic mass is 35.5. The molecule has 3 heterocycles. The summed E-state index contributed by atoms with van der Waals surface area (Å²) in [5.74, 6) is 2.35. The zero-order valence-electron chi connectivity index (χ0n) is 15.6. The van der Waals surface area contributed by atoms with E-state index in [1.165, 1.54) is 0 Å². The van der Waals surface area contributed by atoms with E-state index in [1.54, 1.807) is 18.0 Å². The Bertz CT molecular complexity index is 855. The molecular formula is C20H22ClN3O3S. The fraction of sp³-hybridized carbons (Fsp3) is 0.400. The summed E-state index contributed by atoms with van der Waals surface area (Å²) in [6, 6.07) is 7.56. The van der Waals surface area contributed by atoms with E-state index in [0.29, 0.717) is 24.0 Å². The predicted molar refractivity (Wildman–Crippen MR) is 112 cm³/mol. The number of piperidine rings is 1. The number of amides is 1. The van der Waals surface area contributed by atoms with E-state index in [4.69, 9.17) is 21.1 Å². The Labute approximate surface area is 173 Å². The molecule has 0 unspecified atom stereocenters. The van der Waals surface area contributed by atoms with E-state index >= 15 is 0 Å². The highest BCUT2D eigenvalue weighted by Gasteiger charge is 2.27. The lowest BCUT2D eigenvalue weighted by molar-refractivity contribution is -0.120. The Kier molecular flexibility index (Phi) is 5.82. The van der Waals surface area contributed by atoms with Crippen LogP contribution in [-0.2, 0) is 4.79 Å². The minimum Gasteiger partial charge on any atom is -0.486 e. The van der Waals surface area contributed by atoms with Crippen LogP contribution in [0.25, 0.3) is 0 Å². The van der Waals surface area contributed by atoms with Gasteiger partial charge in [-0.25, -0.2) is 4.98 Å². The lowest BCUT2D eigenvalue weighted by Gasteiger charge is -2.32. The molecule has 1 fully saturated rings. The molecule has 1 aromatic carbocycles. The van der Waals surface area contributed by atoms with Crippen molar-refractivity contribution < 1.29 is 14.3 Å². The second-order valence-corrected chi connectivity index (χ2v) is 8.07. The third kappa shape index (κ3) is 4.15. The maximum Gasteiger partial charge on any atom is 0.227 e. The van der Waals surface area contributed by atoms with E-state index in [2.05, 4.69) is 15.2 Å². The van der Waals surface area contributed by atoms with Crippen molar-refractivity contribution in [2.24, 2.45) is 5.92 Å². The van der Waals surface area contributed by atoms with Crippen LogP contribution in [0.2, 0.25) is 5.02 Å². The maximum absolute atomic E-state index is 12.8. The molecule has 0 radical (unpaired) electrons. The van der Waals surface area contributed by atoms with E-state index in [9.17, 15) is 4.79 Å². The van der Waals surface area contributed by atoms with Crippen molar-refractivity contribution >= 4 is 40.8 Å². The number of hydrogen-bond donors (Lipinski definition) is 1. The van der Waals surface area contributed by atoms with Gasteiger partial charge >= 0.3 is 0 Å². The van der Waals surface area contributed by atoms with Gasteiger partial charge in [0.1, 0.15) is 19.0 Å². The summed E-state index contributed by atoms with van der Waals surface area (Å²) in [6.45, 7) is 2.66. The molecule has 28 heavy (non-hydrogen) atoms. The van der Waals surface area contributed by atoms with Crippen LogP contribution < -0.4 is 19.7 Å². The van der Waals surface area contributed by atoms with Crippen molar-refractivity contribution in [1.82, 2.24) is 4.98 Å². The predicted octanol–water partition coefficient (Wildman–Crippen LogP) is 4.08. The Morgan fingerprint density at radius 3 is 2.57 bits per heavy atom. The number of pyridine rings is 1. The monoisotopic (exact) mass is 419 g/mol.